The second-order valence-electron chi connectivity index (χ2n) is 30.6. The van der Waals surface area contributed by atoms with Crippen molar-refractivity contribution in [2.75, 3.05) is 16.7 Å². The SMILES string of the molecule is CC1(C)O[C@H]2O[C@H](CNp3oc4c(C(C)(C)C)cc(C(C)(C)C)cc4c4cc(C(C)(C)C)cc(C(C)(C)C)c4o3)[C@@H](Np3oc4c(C(C)(C)C)cc(C(C)(C)C)cc4c4cc(C(C)(C)C)cc(C(C)(C)C)c4o3)[C@H]2O1. The quantitative estimate of drug-likeness (QED) is 0.175. The predicted molar refractivity (Wildman–Crippen MR) is 318 cm³/mol. The van der Waals surface area contributed by atoms with Crippen molar-refractivity contribution in [1.82, 2.24) is 0 Å². The molecule has 8 rings (SSSR count). The molecule has 0 unspecified atom stereocenters. The normalized spacial score (nSPS) is 20.2. The van der Waals surface area contributed by atoms with Gasteiger partial charge < -0.3 is 31.0 Å². The van der Waals surface area contributed by atoms with E-state index < -0.39 is 46.7 Å². The Morgan fingerprint density at radius 1 is 0.400 bits per heavy atom. The highest BCUT2D eigenvalue weighted by molar-refractivity contribution is 7.39. The third kappa shape index (κ3) is 11.8. The lowest BCUT2D eigenvalue weighted by molar-refractivity contribution is -0.204. The van der Waals surface area contributed by atoms with Crippen LogP contribution in [-0.2, 0) is 57.5 Å². The molecule has 2 aliphatic rings. The first kappa shape index (κ1) is 57.6. The minimum Gasteiger partial charge on any atom is -0.408 e. The summed E-state index contributed by atoms with van der Waals surface area (Å²) in [5.41, 5.74) is 11.5. The Balaban J connectivity index is 1.36. The van der Waals surface area contributed by atoms with Gasteiger partial charge in [-0.25, -0.2) is 10.2 Å². The van der Waals surface area contributed by atoms with Crippen molar-refractivity contribution in [3.8, 4) is 0 Å². The first-order valence-electron chi connectivity index (χ1n) is 27.5. The van der Waals surface area contributed by atoms with Gasteiger partial charge in [0.25, 0.3) is 0 Å². The summed E-state index contributed by atoms with van der Waals surface area (Å²) in [6.45, 7) is 58.9. The lowest BCUT2D eigenvalue weighted by Gasteiger charge is -2.27. The number of fused-ring (bicyclic) bond motifs is 7. The molecule has 9 nitrogen and oxygen atoms in total. The molecule has 0 bridgehead atoms. The maximum atomic E-state index is 7.43. The van der Waals surface area contributed by atoms with E-state index in [1.807, 2.05) is 13.8 Å². The van der Waals surface area contributed by atoms with Crippen LogP contribution in [0.1, 0.15) is 225 Å². The summed E-state index contributed by atoms with van der Waals surface area (Å²) in [5.74, 6) is -0.869. The topological polar surface area (TPSA) is 104 Å². The minimum absolute atomic E-state index is 0.109. The summed E-state index contributed by atoms with van der Waals surface area (Å²) in [7, 11) is -3.67. The summed E-state index contributed by atoms with van der Waals surface area (Å²) in [5, 5.41) is 12.0. The largest absolute Gasteiger partial charge is 0.408 e. The fourth-order valence-corrected chi connectivity index (χ4v) is 13.0. The van der Waals surface area contributed by atoms with E-state index in [0.717, 1.165) is 66.1 Å². The van der Waals surface area contributed by atoms with Crippen LogP contribution in [0.4, 0.5) is 0 Å². The van der Waals surface area contributed by atoms with Crippen LogP contribution in [0.3, 0.4) is 0 Å². The van der Waals surface area contributed by atoms with Gasteiger partial charge in [-0.3, -0.25) is 0 Å². The molecule has 0 aliphatic carbocycles. The molecule has 2 N–H and O–H groups in total. The van der Waals surface area contributed by atoms with Gasteiger partial charge in [0.2, 0.25) is 0 Å². The van der Waals surface area contributed by atoms with Crippen molar-refractivity contribution < 1.29 is 31.0 Å². The van der Waals surface area contributed by atoms with Crippen LogP contribution < -0.4 is 10.2 Å². The standard InChI is InChI=1S/C64H94N2O7P2/c1-56(2,3)36-27-40-41-28-37(57(4,5)6)32-45(61(16,17)18)51(41)71-74(70-50(40)44(31-36)60(13,14)15)65-35-48-49(54-55(67-48)69-64(25,26)68-54)66-75-72-52-42(29-38(58(7,8)9)33-46(52)62(19,20)21)43-30-39(59(10,11)12)34-47(53(43)73-75)63(22,23)24/h27-34,48-49,54-55,65-66H,35H2,1-26H3/t48-,49-,54-,55-/m1/s1. The van der Waals surface area contributed by atoms with Crippen LogP contribution in [0, 0.1) is 0 Å². The molecular weight excluding hydrogens is 971 g/mol. The molecule has 0 spiro atoms. The number of rotatable bonds is 5. The average molecular weight is 1070 g/mol. The van der Waals surface area contributed by atoms with Crippen LogP contribution in [0.5, 0.6) is 0 Å². The highest BCUT2D eigenvalue weighted by Gasteiger charge is 2.55. The second-order valence-corrected chi connectivity index (χ2v) is 33.0. The number of nitrogens with one attached hydrogen (secondary N) is 2. The van der Waals surface area contributed by atoms with Crippen molar-refractivity contribution in [2.45, 2.75) is 254 Å². The van der Waals surface area contributed by atoms with E-state index in [2.05, 4.69) is 225 Å². The molecule has 0 saturated carbocycles. The second kappa shape index (κ2) is 18.8. The fourth-order valence-electron chi connectivity index (χ4n) is 10.3. The molecule has 0 amide bonds. The molecule has 4 heterocycles. The van der Waals surface area contributed by atoms with Gasteiger partial charge in [0, 0.05) is 50.3 Å². The van der Waals surface area contributed by atoms with E-state index in [0.29, 0.717) is 6.54 Å². The smallest absolute Gasteiger partial charge is 0.307 e. The van der Waals surface area contributed by atoms with Gasteiger partial charge in [-0.2, -0.15) is 0 Å². The summed E-state index contributed by atoms with van der Waals surface area (Å²) in [4.78, 5) is 0. The fraction of sp³-hybridized carbons (Fsp3) is 0.625. The zero-order valence-corrected chi connectivity index (χ0v) is 52.7. The Bertz CT molecular complexity index is 3060. The van der Waals surface area contributed by atoms with Crippen molar-refractivity contribution in [1.29, 1.82) is 0 Å². The Morgan fingerprint density at radius 3 is 0.973 bits per heavy atom. The first-order valence-corrected chi connectivity index (χ1v) is 29.9. The summed E-state index contributed by atoms with van der Waals surface area (Å²) in [6.07, 6.45) is -1.59. The van der Waals surface area contributed by atoms with Crippen molar-refractivity contribution in [3.63, 3.8) is 0 Å². The van der Waals surface area contributed by atoms with E-state index in [4.69, 9.17) is 31.0 Å². The molecule has 6 aromatic rings. The highest BCUT2D eigenvalue weighted by atomic mass is 31.1. The van der Waals surface area contributed by atoms with Gasteiger partial charge in [0.05, 0.1) is 12.1 Å². The molecular formula is C64H94N2O7P2. The Labute approximate surface area is 452 Å². The van der Waals surface area contributed by atoms with Gasteiger partial charge in [0.15, 0.2) is 12.1 Å². The van der Waals surface area contributed by atoms with E-state index in [1.54, 1.807) is 0 Å². The molecule has 2 aromatic heterocycles. The minimum atomic E-state index is -1.88. The van der Waals surface area contributed by atoms with Crippen LogP contribution in [0.15, 0.2) is 65.3 Å². The lowest BCUT2D eigenvalue weighted by Crippen LogP contribution is -2.42. The molecule has 0 radical (unpaired) electrons. The monoisotopic (exact) mass is 1060 g/mol. The number of ether oxygens (including phenoxy) is 3. The molecule has 4 aromatic carbocycles. The van der Waals surface area contributed by atoms with Gasteiger partial charge >= 0.3 is 16.3 Å². The highest BCUT2D eigenvalue weighted by Crippen LogP contribution is 2.49. The molecule has 2 fully saturated rings. The van der Waals surface area contributed by atoms with Crippen LogP contribution >= 0.6 is 16.3 Å². The maximum absolute atomic E-state index is 7.43. The Hall–Kier alpha value is -3.52. The van der Waals surface area contributed by atoms with E-state index in [1.165, 1.54) is 22.3 Å². The molecule has 412 valence electrons. The predicted octanol–water partition coefficient (Wildman–Crippen LogP) is 19.3. The zero-order chi connectivity index (χ0) is 55.9. The van der Waals surface area contributed by atoms with E-state index >= 15 is 0 Å². The van der Waals surface area contributed by atoms with Gasteiger partial charge in [0.1, 0.15) is 28.4 Å². The van der Waals surface area contributed by atoms with Crippen LogP contribution in [-0.4, -0.2) is 36.9 Å². The average Bonchev–Trinajstić information content (AvgIpc) is 3.55. The number of hydrogen-bond acceptors (Lipinski definition) is 9. The first-order chi connectivity index (χ1) is 33.9. The molecule has 75 heavy (non-hydrogen) atoms. The number of hydrogen-bond donors (Lipinski definition) is 2. The van der Waals surface area contributed by atoms with Crippen molar-refractivity contribution >= 4 is 60.2 Å². The van der Waals surface area contributed by atoms with Crippen LogP contribution in [0.2, 0.25) is 0 Å². The van der Waals surface area contributed by atoms with Gasteiger partial charge in [-0.1, -0.05) is 190 Å². The molecule has 2 saturated heterocycles. The van der Waals surface area contributed by atoms with Crippen molar-refractivity contribution in [2.24, 2.45) is 0 Å². The van der Waals surface area contributed by atoms with Gasteiger partial charge in [-0.05, 0) is 104 Å². The third-order valence-electron chi connectivity index (χ3n) is 15.2. The summed E-state index contributed by atoms with van der Waals surface area (Å²) in [6, 6.07) is 18.3. The third-order valence-corrected chi connectivity index (χ3v) is 17.5. The van der Waals surface area contributed by atoms with E-state index in [-0.39, 0.29) is 43.3 Å². The maximum Gasteiger partial charge on any atom is 0.307 e. The van der Waals surface area contributed by atoms with Crippen molar-refractivity contribution in [3.05, 3.63) is 93.0 Å². The Morgan fingerprint density at radius 2 is 0.693 bits per heavy atom. The Kier molecular flexibility index (Phi) is 14.5. The number of benzene rings is 4. The summed E-state index contributed by atoms with van der Waals surface area (Å²) >= 11 is 0. The summed E-state index contributed by atoms with van der Waals surface area (Å²) < 4.78 is 49.8. The van der Waals surface area contributed by atoms with Gasteiger partial charge in [-0.15, -0.1) is 0 Å². The van der Waals surface area contributed by atoms with E-state index in [9.17, 15) is 0 Å². The zero-order valence-electron chi connectivity index (χ0n) is 50.9. The lowest BCUT2D eigenvalue weighted by atomic mass is 9.77. The molecule has 11 heteroatoms. The molecule has 2 aliphatic heterocycles. The molecule has 4 atom stereocenters. The van der Waals surface area contributed by atoms with Crippen LogP contribution in [0.25, 0.3) is 43.9 Å².